The van der Waals surface area contributed by atoms with Crippen LogP contribution in [0.25, 0.3) is 0 Å². The zero-order valence-electron chi connectivity index (χ0n) is 17.8. The number of hydrogen-bond donors (Lipinski definition) is 2. The van der Waals surface area contributed by atoms with Gasteiger partial charge in [-0.3, -0.25) is 14.4 Å². The van der Waals surface area contributed by atoms with Crippen molar-refractivity contribution in [3.05, 3.63) is 35.4 Å². The summed E-state index contributed by atoms with van der Waals surface area (Å²) in [4.78, 5) is 38.7. The first-order chi connectivity index (χ1) is 13.7. The molecule has 0 spiro atoms. The maximum atomic E-state index is 12.8. The van der Waals surface area contributed by atoms with E-state index in [0.717, 1.165) is 6.42 Å². The lowest BCUT2D eigenvalue weighted by molar-refractivity contribution is -0.127. The fourth-order valence-electron chi connectivity index (χ4n) is 4.03. The standard InChI is InChI=1S/C23H33N3O3/c1-23(2,3)18-6-4-17(5-7-18)22(29)26-14-11-16(12-15-26)21(28)25-19-8-9-20(27)24-13-10-19/h4-7,16,19H,8-15H2,1-3H3,(H,24,27)(H,25,28). The van der Waals surface area contributed by atoms with Gasteiger partial charge < -0.3 is 15.5 Å². The van der Waals surface area contributed by atoms with E-state index in [4.69, 9.17) is 0 Å². The Hall–Kier alpha value is -2.37. The van der Waals surface area contributed by atoms with Crippen molar-refractivity contribution >= 4 is 17.7 Å². The number of nitrogens with one attached hydrogen (secondary N) is 2. The predicted molar refractivity (Wildman–Crippen MR) is 113 cm³/mol. The van der Waals surface area contributed by atoms with Crippen LogP contribution in [0.3, 0.4) is 0 Å². The van der Waals surface area contributed by atoms with Gasteiger partial charge in [-0.2, -0.15) is 0 Å². The molecule has 1 atom stereocenters. The number of carbonyl (C=O) groups is 3. The highest BCUT2D eigenvalue weighted by Crippen LogP contribution is 2.24. The topological polar surface area (TPSA) is 78.5 Å². The van der Waals surface area contributed by atoms with Crippen LogP contribution < -0.4 is 10.6 Å². The molecule has 158 valence electrons. The van der Waals surface area contributed by atoms with E-state index in [1.807, 2.05) is 29.2 Å². The molecule has 0 saturated carbocycles. The van der Waals surface area contributed by atoms with Crippen LogP contribution in [0.2, 0.25) is 0 Å². The van der Waals surface area contributed by atoms with Crippen molar-refractivity contribution in [3.8, 4) is 0 Å². The molecule has 2 N–H and O–H groups in total. The second-order valence-corrected chi connectivity index (χ2v) is 9.28. The van der Waals surface area contributed by atoms with E-state index in [0.29, 0.717) is 50.9 Å². The minimum Gasteiger partial charge on any atom is -0.356 e. The van der Waals surface area contributed by atoms with E-state index in [9.17, 15) is 14.4 Å². The molecule has 2 aliphatic rings. The van der Waals surface area contributed by atoms with Crippen molar-refractivity contribution in [2.45, 2.75) is 64.3 Å². The molecule has 29 heavy (non-hydrogen) atoms. The van der Waals surface area contributed by atoms with E-state index in [1.165, 1.54) is 5.56 Å². The zero-order chi connectivity index (χ0) is 21.0. The fraction of sp³-hybridized carbons (Fsp3) is 0.609. The Bertz CT molecular complexity index is 744. The SMILES string of the molecule is CC(C)(C)c1ccc(C(=O)N2CCC(C(=O)NC3CCNC(=O)CC3)CC2)cc1. The molecule has 0 radical (unpaired) electrons. The first-order valence-corrected chi connectivity index (χ1v) is 10.7. The molecule has 3 amide bonds. The third-order valence-corrected chi connectivity index (χ3v) is 6.03. The number of piperidine rings is 1. The smallest absolute Gasteiger partial charge is 0.253 e. The summed E-state index contributed by atoms with van der Waals surface area (Å²) in [7, 11) is 0. The van der Waals surface area contributed by atoms with Crippen LogP contribution in [0.5, 0.6) is 0 Å². The van der Waals surface area contributed by atoms with Gasteiger partial charge in [-0.1, -0.05) is 32.9 Å². The number of rotatable bonds is 3. The average Bonchev–Trinajstić information content (AvgIpc) is 2.91. The number of nitrogens with zero attached hydrogens (tertiary/aromatic N) is 1. The summed E-state index contributed by atoms with van der Waals surface area (Å²) in [6, 6.07) is 7.92. The largest absolute Gasteiger partial charge is 0.356 e. The highest BCUT2D eigenvalue weighted by Gasteiger charge is 2.29. The Balaban J connectivity index is 1.50. The van der Waals surface area contributed by atoms with Crippen LogP contribution in [0.15, 0.2) is 24.3 Å². The van der Waals surface area contributed by atoms with Crippen LogP contribution in [0.4, 0.5) is 0 Å². The van der Waals surface area contributed by atoms with E-state index < -0.39 is 0 Å². The lowest BCUT2D eigenvalue weighted by atomic mass is 9.86. The Morgan fingerprint density at radius 3 is 2.31 bits per heavy atom. The first-order valence-electron chi connectivity index (χ1n) is 10.7. The Kier molecular flexibility index (Phi) is 6.60. The van der Waals surface area contributed by atoms with Crippen molar-refractivity contribution in [2.75, 3.05) is 19.6 Å². The molecular formula is C23H33N3O3. The van der Waals surface area contributed by atoms with Gasteiger partial charge in [-0.15, -0.1) is 0 Å². The maximum Gasteiger partial charge on any atom is 0.253 e. The fourth-order valence-corrected chi connectivity index (χ4v) is 4.03. The van der Waals surface area contributed by atoms with Gasteiger partial charge in [0, 0.05) is 43.6 Å². The highest BCUT2D eigenvalue weighted by atomic mass is 16.2. The summed E-state index contributed by atoms with van der Waals surface area (Å²) in [5.41, 5.74) is 1.98. The van der Waals surface area contributed by atoms with Crippen molar-refractivity contribution in [2.24, 2.45) is 5.92 Å². The molecule has 1 aromatic rings. The van der Waals surface area contributed by atoms with Gasteiger partial charge >= 0.3 is 0 Å². The van der Waals surface area contributed by atoms with Crippen LogP contribution in [0.1, 0.15) is 68.8 Å². The summed E-state index contributed by atoms with van der Waals surface area (Å²) in [6.07, 6.45) is 3.30. The quantitative estimate of drug-likeness (QED) is 0.820. The molecule has 1 unspecified atom stereocenters. The summed E-state index contributed by atoms with van der Waals surface area (Å²) in [6.45, 7) is 8.28. The van der Waals surface area contributed by atoms with Crippen molar-refractivity contribution < 1.29 is 14.4 Å². The lowest BCUT2D eigenvalue weighted by Crippen LogP contribution is -2.45. The van der Waals surface area contributed by atoms with E-state index >= 15 is 0 Å². The van der Waals surface area contributed by atoms with Crippen LogP contribution in [-0.2, 0) is 15.0 Å². The first kappa shape index (κ1) is 21.3. The molecule has 0 aliphatic carbocycles. The van der Waals surface area contributed by atoms with Gasteiger partial charge in [0.05, 0.1) is 0 Å². The Labute approximate surface area is 173 Å². The molecule has 2 saturated heterocycles. The number of likely N-dealkylation sites (tertiary alicyclic amines) is 1. The maximum absolute atomic E-state index is 12.8. The molecule has 0 bridgehead atoms. The van der Waals surface area contributed by atoms with Gasteiger partial charge in [0.1, 0.15) is 0 Å². The van der Waals surface area contributed by atoms with Gasteiger partial charge in [-0.05, 0) is 48.8 Å². The Morgan fingerprint density at radius 2 is 1.69 bits per heavy atom. The van der Waals surface area contributed by atoms with E-state index in [-0.39, 0.29) is 35.1 Å². The van der Waals surface area contributed by atoms with Crippen LogP contribution in [0, 0.1) is 5.92 Å². The molecular weight excluding hydrogens is 366 g/mol. The van der Waals surface area contributed by atoms with Gasteiger partial charge in [0.2, 0.25) is 11.8 Å². The third kappa shape index (κ3) is 5.58. The summed E-state index contributed by atoms with van der Waals surface area (Å²) in [5.74, 6) is 0.0991. The number of amides is 3. The number of benzene rings is 1. The second kappa shape index (κ2) is 8.97. The highest BCUT2D eigenvalue weighted by molar-refractivity contribution is 5.94. The second-order valence-electron chi connectivity index (χ2n) is 9.28. The molecule has 6 nitrogen and oxygen atoms in total. The molecule has 3 rings (SSSR count). The average molecular weight is 400 g/mol. The predicted octanol–water partition coefficient (Wildman–Crippen LogP) is 2.62. The minimum absolute atomic E-state index is 0.0395. The number of hydrogen-bond acceptors (Lipinski definition) is 3. The summed E-state index contributed by atoms with van der Waals surface area (Å²) < 4.78 is 0. The normalized spacial score (nSPS) is 21.3. The lowest BCUT2D eigenvalue weighted by Gasteiger charge is -2.32. The Morgan fingerprint density at radius 1 is 1.03 bits per heavy atom. The summed E-state index contributed by atoms with van der Waals surface area (Å²) >= 11 is 0. The van der Waals surface area contributed by atoms with Crippen LogP contribution in [-0.4, -0.2) is 48.3 Å². The molecule has 2 aliphatic heterocycles. The number of carbonyl (C=O) groups excluding carboxylic acids is 3. The van der Waals surface area contributed by atoms with Gasteiger partial charge in [-0.25, -0.2) is 0 Å². The van der Waals surface area contributed by atoms with Crippen molar-refractivity contribution in [1.82, 2.24) is 15.5 Å². The van der Waals surface area contributed by atoms with E-state index in [1.54, 1.807) is 0 Å². The zero-order valence-corrected chi connectivity index (χ0v) is 17.8. The molecule has 2 fully saturated rings. The monoisotopic (exact) mass is 399 g/mol. The van der Waals surface area contributed by atoms with Gasteiger partial charge in [0.15, 0.2) is 0 Å². The van der Waals surface area contributed by atoms with Crippen LogP contribution >= 0.6 is 0 Å². The molecule has 6 heteroatoms. The third-order valence-electron chi connectivity index (χ3n) is 6.03. The summed E-state index contributed by atoms with van der Waals surface area (Å²) in [5, 5.41) is 5.95. The minimum atomic E-state index is -0.0609. The van der Waals surface area contributed by atoms with E-state index in [2.05, 4.69) is 31.4 Å². The van der Waals surface area contributed by atoms with Crippen molar-refractivity contribution in [3.63, 3.8) is 0 Å². The molecule has 2 heterocycles. The molecule has 1 aromatic carbocycles. The van der Waals surface area contributed by atoms with Gasteiger partial charge in [0.25, 0.3) is 5.91 Å². The van der Waals surface area contributed by atoms with Crippen molar-refractivity contribution in [1.29, 1.82) is 0 Å². The molecule has 0 aromatic heterocycles.